The van der Waals surface area contributed by atoms with Crippen molar-refractivity contribution in [3.8, 4) is 11.5 Å². The Bertz CT molecular complexity index is 485. The molecule has 0 saturated heterocycles. The van der Waals surface area contributed by atoms with Gasteiger partial charge in [-0.15, -0.1) is 0 Å². The number of nitrogens with two attached hydrogens (primary N) is 1. The molecule has 0 fully saturated rings. The first-order chi connectivity index (χ1) is 8.60. The summed E-state index contributed by atoms with van der Waals surface area (Å²) < 4.78 is 10.2. The van der Waals surface area contributed by atoms with E-state index in [-0.39, 0.29) is 0 Å². The van der Waals surface area contributed by atoms with Gasteiger partial charge in [-0.25, -0.2) is 5.43 Å². The second kappa shape index (κ2) is 6.24. The van der Waals surface area contributed by atoms with E-state index in [1.807, 2.05) is 5.43 Å². The van der Waals surface area contributed by atoms with Crippen LogP contribution in [0.1, 0.15) is 5.56 Å². The van der Waals surface area contributed by atoms with E-state index in [1.165, 1.54) is 20.4 Å². The van der Waals surface area contributed by atoms with Crippen molar-refractivity contribution in [3.63, 3.8) is 0 Å². The Kier molecular flexibility index (Phi) is 4.67. The molecule has 7 heteroatoms. The number of nitrogens with zero attached hydrogens (tertiary/aromatic N) is 1. The highest BCUT2D eigenvalue weighted by atomic mass is 16.5. The lowest BCUT2D eigenvalue weighted by atomic mass is 10.2. The number of hydrazone groups is 1. The van der Waals surface area contributed by atoms with Crippen molar-refractivity contribution in [2.45, 2.75) is 0 Å². The second-order valence-corrected chi connectivity index (χ2v) is 3.15. The SMILES string of the molecule is COc1cccc(/C=N/NC(=O)C(N)=O)c1OC. The predicted molar refractivity (Wildman–Crippen MR) is 64.5 cm³/mol. The van der Waals surface area contributed by atoms with Crippen LogP contribution in [-0.2, 0) is 9.59 Å². The second-order valence-electron chi connectivity index (χ2n) is 3.15. The number of para-hydroxylation sites is 1. The maximum Gasteiger partial charge on any atom is 0.329 e. The van der Waals surface area contributed by atoms with Crippen molar-refractivity contribution < 1.29 is 19.1 Å². The van der Waals surface area contributed by atoms with Gasteiger partial charge in [0.1, 0.15) is 0 Å². The first-order valence-corrected chi connectivity index (χ1v) is 4.94. The van der Waals surface area contributed by atoms with Gasteiger partial charge < -0.3 is 15.2 Å². The number of methoxy groups -OCH3 is 2. The molecule has 96 valence electrons. The van der Waals surface area contributed by atoms with Crippen molar-refractivity contribution in [2.24, 2.45) is 10.8 Å². The number of nitrogens with one attached hydrogen (secondary N) is 1. The highest BCUT2D eigenvalue weighted by Crippen LogP contribution is 2.29. The summed E-state index contributed by atoms with van der Waals surface area (Å²) in [6.07, 6.45) is 1.32. The molecular weight excluding hydrogens is 238 g/mol. The minimum Gasteiger partial charge on any atom is -0.493 e. The Hall–Kier alpha value is -2.57. The Morgan fingerprint density at radius 3 is 2.61 bits per heavy atom. The Morgan fingerprint density at radius 1 is 1.33 bits per heavy atom. The standard InChI is InChI=1S/C11H13N3O4/c1-17-8-5-3-4-7(9(8)18-2)6-13-14-11(16)10(12)15/h3-6H,1-2H3,(H2,12,15)(H,14,16)/b13-6+. The van der Waals surface area contributed by atoms with Crippen molar-refractivity contribution in [3.05, 3.63) is 23.8 Å². The van der Waals surface area contributed by atoms with Crippen LogP contribution in [0.3, 0.4) is 0 Å². The van der Waals surface area contributed by atoms with Crippen molar-refractivity contribution in [1.82, 2.24) is 5.43 Å². The summed E-state index contributed by atoms with van der Waals surface area (Å²) in [5.41, 5.74) is 7.31. The van der Waals surface area contributed by atoms with Crippen LogP contribution in [-0.4, -0.2) is 32.2 Å². The molecule has 0 aliphatic rings. The van der Waals surface area contributed by atoms with Gasteiger partial charge in [-0.3, -0.25) is 9.59 Å². The van der Waals surface area contributed by atoms with Gasteiger partial charge in [0.25, 0.3) is 0 Å². The molecule has 0 aliphatic heterocycles. The molecule has 0 heterocycles. The fourth-order valence-electron chi connectivity index (χ4n) is 1.23. The Balaban J connectivity index is 2.87. The van der Waals surface area contributed by atoms with Crippen molar-refractivity contribution in [1.29, 1.82) is 0 Å². The third-order valence-electron chi connectivity index (χ3n) is 2.03. The number of primary amides is 1. The smallest absolute Gasteiger partial charge is 0.329 e. The summed E-state index contributed by atoms with van der Waals surface area (Å²) in [5.74, 6) is -1.10. The van der Waals surface area contributed by atoms with Gasteiger partial charge in [0.15, 0.2) is 11.5 Å². The fourth-order valence-corrected chi connectivity index (χ4v) is 1.23. The molecule has 1 rings (SSSR count). The lowest BCUT2D eigenvalue weighted by molar-refractivity contribution is -0.137. The molecule has 3 N–H and O–H groups in total. The van der Waals surface area contributed by atoms with Crippen molar-refractivity contribution >= 4 is 18.0 Å². The largest absolute Gasteiger partial charge is 0.493 e. The molecule has 0 bridgehead atoms. The Labute approximate surface area is 104 Å². The number of hydrogen-bond acceptors (Lipinski definition) is 5. The molecule has 0 unspecified atom stereocenters. The molecule has 18 heavy (non-hydrogen) atoms. The number of benzene rings is 1. The number of rotatable bonds is 4. The van der Waals surface area contributed by atoms with E-state index >= 15 is 0 Å². The highest BCUT2D eigenvalue weighted by Gasteiger charge is 2.08. The topological polar surface area (TPSA) is 103 Å². The van der Waals surface area contributed by atoms with Crippen molar-refractivity contribution in [2.75, 3.05) is 14.2 Å². The van der Waals surface area contributed by atoms with Crippen LogP contribution in [0.2, 0.25) is 0 Å². The summed E-state index contributed by atoms with van der Waals surface area (Å²) in [6, 6.07) is 5.16. The number of carbonyl (C=O) groups is 2. The average molecular weight is 251 g/mol. The molecule has 7 nitrogen and oxygen atoms in total. The summed E-state index contributed by atoms with van der Waals surface area (Å²) in [6.45, 7) is 0. The molecule has 0 spiro atoms. The summed E-state index contributed by atoms with van der Waals surface area (Å²) >= 11 is 0. The Morgan fingerprint density at radius 2 is 2.06 bits per heavy atom. The fraction of sp³-hybridized carbons (Fsp3) is 0.182. The van der Waals surface area contributed by atoms with E-state index in [4.69, 9.17) is 15.2 Å². The quantitative estimate of drug-likeness (QED) is 0.433. The highest BCUT2D eigenvalue weighted by molar-refractivity contribution is 6.34. The lowest BCUT2D eigenvalue weighted by Gasteiger charge is -2.09. The van der Waals surface area contributed by atoms with Crippen LogP contribution in [0.15, 0.2) is 23.3 Å². The van der Waals surface area contributed by atoms with E-state index in [9.17, 15) is 9.59 Å². The zero-order valence-electron chi connectivity index (χ0n) is 9.97. The maximum absolute atomic E-state index is 10.9. The number of amides is 2. The molecule has 1 aromatic carbocycles. The van der Waals surface area contributed by atoms with Gasteiger partial charge in [-0.05, 0) is 12.1 Å². The third kappa shape index (κ3) is 3.21. The number of ether oxygens (including phenoxy) is 2. The van der Waals surface area contributed by atoms with Gasteiger partial charge >= 0.3 is 11.8 Å². The predicted octanol–water partition coefficient (Wildman–Crippen LogP) is -0.361. The summed E-state index contributed by atoms with van der Waals surface area (Å²) in [7, 11) is 2.99. The summed E-state index contributed by atoms with van der Waals surface area (Å²) in [5, 5.41) is 3.59. The number of carbonyl (C=O) groups excluding carboxylic acids is 2. The monoisotopic (exact) mass is 251 g/mol. The molecule has 0 saturated carbocycles. The van der Waals surface area contributed by atoms with Crippen LogP contribution < -0.4 is 20.6 Å². The van der Waals surface area contributed by atoms with Gasteiger partial charge in [-0.1, -0.05) is 6.07 Å². The number of hydrogen-bond donors (Lipinski definition) is 2. The van der Waals surface area contributed by atoms with E-state index in [2.05, 4.69) is 5.10 Å². The third-order valence-corrected chi connectivity index (χ3v) is 2.03. The van der Waals surface area contributed by atoms with Gasteiger partial charge in [0.05, 0.1) is 20.4 Å². The van der Waals surface area contributed by atoms with Gasteiger partial charge in [0, 0.05) is 5.56 Å². The van der Waals surface area contributed by atoms with Gasteiger partial charge in [-0.2, -0.15) is 5.10 Å². The van der Waals surface area contributed by atoms with Crippen LogP contribution in [0.5, 0.6) is 11.5 Å². The molecule has 0 radical (unpaired) electrons. The lowest BCUT2D eigenvalue weighted by Crippen LogP contribution is -2.32. The van der Waals surface area contributed by atoms with E-state index < -0.39 is 11.8 Å². The van der Waals surface area contributed by atoms with E-state index in [1.54, 1.807) is 18.2 Å². The molecular formula is C11H13N3O4. The van der Waals surface area contributed by atoms with Crippen LogP contribution >= 0.6 is 0 Å². The normalized spacial score (nSPS) is 10.1. The zero-order valence-corrected chi connectivity index (χ0v) is 9.97. The van der Waals surface area contributed by atoms with E-state index in [0.717, 1.165) is 0 Å². The minimum absolute atomic E-state index is 0.470. The van der Waals surface area contributed by atoms with Crippen LogP contribution in [0, 0.1) is 0 Å². The molecule has 1 aromatic rings. The molecule has 0 aliphatic carbocycles. The first kappa shape index (κ1) is 13.5. The van der Waals surface area contributed by atoms with E-state index in [0.29, 0.717) is 17.1 Å². The average Bonchev–Trinajstić information content (AvgIpc) is 2.37. The molecule has 2 amide bonds. The molecule has 0 aromatic heterocycles. The summed E-state index contributed by atoms with van der Waals surface area (Å²) in [4.78, 5) is 21.3. The maximum atomic E-state index is 10.9. The molecule has 0 atom stereocenters. The first-order valence-electron chi connectivity index (χ1n) is 4.94. The van der Waals surface area contributed by atoms with Gasteiger partial charge in [0.2, 0.25) is 0 Å². The minimum atomic E-state index is -1.11. The van der Waals surface area contributed by atoms with Crippen LogP contribution in [0.4, 0.5) is 0 Å². The van der Waals surface area contributed by atoms with Crippen LogP contribution in [0.25, 0.3) is 0 Å². The zero-order chi connectivity index (χ0) is 13.5.